The summed E-state index contributed by atoms with van der Waals surface area (Å²) in [5.74, 6) is 1.90. The Balaban J connectivity index is 1.69. The van der Waals surface area contributed by atoms with Gasteiger partial charge in [0.05, 0.1) is 13.2 Å². The van der Waals surface area contributed by atoms with Crippen molar-refractivity contribution in [2.75, 3.05) is 31.2 Å². The van der Waals surface area contributed by atoms with Gasteiger partial charge in [-0.2, -0.15) is 5.10 Å². The molecule has 0 N–H and O–H groups in total. The third kappa shape index (κ3) is 3.12. The Morgan fingerprint density at radius 1 is 1.00 bits per heavy atom. The van der Waals surface area contributed by atoms with Gasteiger partial charge in [0.15, 0.2) is 5.82 Å². The van der Waals surface area contributed by atoms with E-state index in [-0.39, 0.29) is 0 Å². The number of hydrogen-bond acceptors (Lipinski definition) is 5. The maximum absolute atomic E-state index is 5.53. The van der Waals surface area contributed by atoms with Crippen LogP contribution in [0.5, 0.6) is 0 Å². The highest BCUT2D eigenvalue weighted by atomic mass is 27.0. The zero-order chi connectivity index (χ0) is 18.2. The Morgan fingerprint density at radius 2 is 1.81 bits per heavy atom. The van der Waals surface area contributed by atoms with Crippen molar-refractivity contribution in [2.45, 2.75) is 0 Å². The molecule has 2 radical (unpaired) electrons. The molecule has 5 rings (SSSR count). The minimum Gasteiger partial charge on any atom is -0.378 e. The van der Waals surface area contributed by atoms with Crippen molar-refractivity contribution < 1.29 is 4.74 Å². The average molecular weight is 372 g/mol. The largest absolute Gasteiger partial charge is 0.378 e. The van der Waals surface area contributed by atoms with Gasteiger partial charge >= 0.3 is 0 Å². The molecular weight excluding hydrogens is 355 g/mol. The normalized spacial score (nSPS) is 14.7. The van der Waals surface area contributed by atoms with Gasteiger partial charge in [0.1, 0.15) is 11.5 Å². The van der Waals surface area contributed by atoms with Gasteiger partial charge in [-0.1, -0.05) is 0 Å². The lowest BCUT2D eigenvalue weighted by molar-refractivity contribution is 0.122. The standard InChI is InChI=1S/C19H17N6O.Al/c1-4-21-25(7-1)18-13-19(23-8-10-26-11-9-23)24-14-16(12-17(24)22-18)15-2-5-20-6-3-15;/h1-3,5-7,12-14H,8-11H2;. The number of fused-ring (bicyclic) bond motifs is 1. The predicted octanol–water partition coefficient (Wildman–Crippen LogP) is 1.21. The molecule has 8 heteroatoms. The van der Waals surface area contributed by atoms with Crippen LogP contribution in [0.1, 0.15) is 0 Å². The third-order valence-corrected chi connectivity index (χ3v) is 5.03. The van der Waals surface area contributed by atoms with Gasteiger partial charge in [-0.3, -0.25) is 9.38 Å². The first-order chi connectivity index (χ1) is 13.3. The zero-order valence-corrected chi connectivity index (χ0v) is 15.8. The molecule has 1 aliphatic heterocycles. The number of ether oxygens (including phenoxy) is 1. The summed E-state index contributed by atoms with van der Waals surface area (Å²) in [5.41, 5.74) is 3.13. The highest BCUT2D eigenvalue weighted by Gasteiger charge is 2.18. The second-order valence-corrected chi connectivity index (χ2v) is 7.04. The number of morpholine rings is 1. The first kappa shape index (κ1) is 16.5. The number of hydrogen-bond donors (Lipinski definition) is 0. The molecule has 4 aromatic rings. The lowest BCUT2D eigenvalue weighted by Crippen LogP contribution is -2.37. The summed E-state index contributed by atoms with van der Waals surface area (Å²) in [5, 5.41) is 4.50. The topological polar surface area (TPSA) is 60.5 Å². The number of nitrogens with zero attached hydrogens (tertiary/aromatic N) is 6. The molecule has 0 aromatic carbocycles. The molecule has 0 amide bonds. The summed E-state index contributed by atoms with van der Waals surface area (Å²) in [6.07, 6.45) is 7.68. The number of anilines is 1. The smallest absolute Gasteiger partial charge is 0.212 e. The molecule has 1 aliphatic rings. The predicted molar refractivity (Wildman–Crippen MR) is 104 cm³/mol. The van der Waals surface area contributed by atoms with Gasteiger partial charge in [0.25, 0.3) is 0 Å². The summed E-state index contributed by atoms with van der Waals surface area (Å²) in [6.45, 7) is 3.18. The van der Waals surface area contributed by atoms with Crippen LogP contribution in [0.2, 0.25) is 0 Å². The van der Waals surface area contributed by atoms with Crippen molar-refractivity contribution in [1.29, 1.82) is 0 Å². The van der Waals surface area contributed by atoms with E-state index in [2.05, 4.69) is 54.0 Å². The van der Waals surface area contributed by atoms with E-state index in [4.69, 9.17) is 9.72 Å². The van der Waals surface area contributed by atoms with E-state index in [1.54, 1.807) is 0 Å². The summed E-state index contributed by atoms with van der Waals surface area (Å²) in [6, 6.07) is 10.2. The summed E-state index contributed by atoms with van der Waals surface area (Å²) < 4.78 is 10.4. The van der Waals surface area contributed by atoms with Crippen molar-refractivity contribution in [2.24, 2.45) is 0 Å². The SMILES string of the molecule is [Al][c]1ccn(-c2cc(N3CCOCC3)n3cc(-c4ccncc4)cc3n2)n1. The van der Waals surface area contributed by atoms with E-state index in [1.807, 2.05) is 41.5 Å². The van der Waals surface area contributed by atoms with E-state index in [9.17, 15) is 0 Å². The molecule has 1 saturated heterocycles. The molecule has 0 atom stereocenters. The van der Waals surface area contributed by atoms with Crippen LogP contribution in [-0.4, -0.2) is 66.7 Å². The summed E-state index contributed by atoms with van der Waals surface area (Å²) >= 11 is 2.62. The monoisotopic (exact) mass is 372 g/mol. The molecule has 132 valence electrons. The van der Waals surface area contributed by atoms with E-state index in [0.717, 1.165) is 59.3 Å². The molecule has 7 nitrogen and oxygen atoms in total. The van der Waals surface area contributed by atoms with Crippen LogP contribution < -0.4 is 9.46 Å². The Morgan fingerprint density at radius 3 is 2.56 bits per heavy atom. The maximum atomic E-state index is 5.53. The van der Waals surface area contributed by atoms with Gasteiger partial charge in [0.2, 0.25) is 16.3 Å². The molecule has 0 saturated carbocycles. The minimum absolute atomic E-state index is 0.731. The van der Waals surface area contributed by atoms with Crippen LogP contribution >= 0.6 is 0 Å². The van der Waals surface area contributed by atoms with Crippen molar-refractivity contribution in [1.82, 2.24) is 24.1 Å². The molecule has 0 unspecified atom stereocenters. The fourth-order valence-electron chi connectivity index (χ4n) is 3.38. The highest BCUT2D eigenvalue weighted by Crippen LogP contribution is 2.27. The van der Waals surface area contributed by atoms with Crippen molar-refractivity contribution in [3.8, 4) is 16.9 Å². The summed E-state index contributed by atoms with van der Waals surface area (Å²) in [4.78, 5) is 11.3. The summed E-state index contributed by atoms with van der Waals surface area (Å²) in [7, 11) is 0. The fraction of sp³-hybridized carbons (Fsp3) is 0.211. The van der Waals surface area contributed by atoms with Crippen LogP contribution in [0, 0.1) is 0 Å². The van der Waals surface area contributed by atoms with Gasteiger partial charge in [-0.25, -0.2) is 9.67 Å². The number of rotatable bonds is 3. The first-order valence-corrected chi connectivity index (χ1v) is 9.43. The van der Waals surface area contributed by atoms with Crippen LogP contribution in [-0.2, 0) is 4.74 Å². The van der Waals surface area contributed by atoms with Crippen molar-refractivity contribution in [3.05, 3.63) is 55.1 Å². The lowest BCUT2D eigenvalue weighted by Gasteiger charge is -2.29. The van der Waals surface area contributed by atoms with Gasteiger partial charge in [-0.15, -0.1) is 0 Å². The van der Waals surface area contributed by atoms with Crippen LogP contribution in [0.15, 0.2) is 55.1 Å². The highest BCUT2D eigenvalue weighted by molar-refractivity contribution is 6.30. The minimum atomic E-state index is 0.731. The van der Waals surface area contributed by atoms with E-state index in [0.29, 0.717) is 0 Å². The molecule has 0 aliphatic carbocycles. The van der Waals surface area contributed by atoms with Crippen molar-refractivity contribution in [3.63, 3.8) is 0 Å². The molecular formula is C19H17AlN6O. The van der Waals surface area contributed by atoms with E-state index < -0.39 is 0 Å². The molecule has 4 aromatic heterocycles. The molecule has 0 spiro atoms. The Kier molecular flexibility index (Phi) is 4.17. The molecule has 0 bridgehead atoms. The van der Waals surface area contributed by atoms with Gasteiger partial charge in [-0.05, 0) is 34.4 Å². The maximum Gasteiger partial charge on any atom is 0.212 e. The van der Waals surface area contributed by atoms with E-state index in [1.165, 1.54) is 0 Å². The lowest BCUT2D eigenvalue weighted by atomic mass is 10.1. The number of pyridine rings is 1. The van der Waals surface area contributed by atoms with Crippen LogP contribution in [0.3, 0.4) is 0 Å². The second kappa shape index (κ2) is 6.82. The van der Waals surface area contributed by atoms with Gasteiger partial charge in [0, 0.05) is 49.5 Å². The Hall–Kier alpha value is -2.66. The third-order valence-electron chi connectivity index (χ3n) is 4.73. The second-order valence-electron chi connectivity index (χ2n) is 6.45. The molecule has 1 fully saturated rings. The zero-order valence-electron chi connectivity index (χ0n) is 14.7. The van der Waals surface area contributed by atoms with E-state index >= 15 is 0 Å². The fourth-order valence-corrected chi connectivity index (χ4v) is 3.59. The van der Waals surface area contributed by atoms with Gasteiger partial charge < -0.3 is 9.64 Å². The van der Waals surface area contributed by atoms with Crippen LogP contribution in [0.25, 0.3) is 22.6 Å². The average Bonchev–Trinajstić information content (AvgIpc) is 3.35. The number of aromatic nitrogens is 5. The Bertz CT molecular complexity index is 1080. The molecule has 27 heavy (non-hydrogen) atoms. The molecule has 5 heterocycles. The van der Waals surface area contributed by atoms with Crippen LogP contribution in [0.4, 0.5) is 5.82 Å². The van der Waals surface area contributed by atoms with Crippen molar-refractivity contribution >= 4 is 32.3 Å². The quantitative estimate of drug-likeness (QED) is 0.506. The first-order valence-electron chi connectivity index (χ1n) is 8.86. The Labute approximate surface area is 164 Å².